The van der Waals surface area contributed by atoms with Crippen molar-refractivity contribution in [3.05, 3.63) is 0 Å². The molecule has 0 aromatic heterocycles. The Morgan fingerprint density at radius 1 is 1.50 bits per heavy atom. The van der Waals surface area contributed by atoms with Gasteiger partial charge >= 0.3 is 12.1 Å². The van der Waals surface area contributed by atoms with Gasteiger partial charge in [0.15, 0.2) is 0 Å². The summed E-state index contributed by atoms with van der Waals surface area (Å²) in [7, 11) is 1.70. The molecule has 1 atom stereocenters. The molecule has 6 nitrogen and oxygen atoms in total. The molecule has 6 heteroatoms. The number of hydrogen-bond acceptors (Lipinski definition) is 3. The van der Waals surface area contributed by atoms with Crippen LogP contribution >= 0.6 is 0 Å². The molecular formula is C10H19N3O3. The van der Waals surface area contributed by atoms with E-state index < -0.39 is 0 Å². The average molecular weight is 229 g/mol. The van der Waals surface area contributed by atoms with Crippen LogP contribution in [0.3, 0.4) is 0 Å². The molecule has 0 spiro atoms. The van der Waals surface area contributed by atoms with Crippen molar-refractivity contribution in [2.45, 2.75) is 25.9 Å². The molecule has 1 unspecified atom stereocenters. The zero-order valence-electron chi connectivity index (χ0n) is 9.78. The van der Waals surface area contributed by atoms with E-state index in [9.17, 15) is 9.59 Å². The molecule has 0 saturated carbocycles. The first-order valence-electron chi connectivity index (χ1n) is 5.57. The van der Waals surface area contributed by atoms with Gasteiger partial charge in [-0.2, -0.15) is 0 Å². The van der Waals surface area contributed by atoms with Crippen molar-refractivity contribution in [2.24, 2.45) is 0 Å². The SMILES string of the molecule is CCCNC(=O)NCCC1CN(C)C(=O)O1. The van der Waals surface area contributed by atoms with Crippen LogP contribution in [0.4, 0.5) is 9.59 Å². The molecule has 0 aromatic carbocycles. The van der Waals surface area contributed by atoms with E-state index in [1.807, 2.05) is 6.92 Å². The molecule has 1 aliphatic rings. The molecule has 0 radical (unpaired) electrons. The van der Waals surface area contributed by atoms with Crippen LogP contribution in [-0.4, -0.2) is 49.8 Å². The molecule has 0 aromatic rings. The fourth-order valence-corrected chi connectivity index (χ4v) is 1.45. The van der Waals surface area contributed by atoms with Gasteiger partial charge in [0.25, 0.3) is 0 Å². The fraction of sp³-hybridized carbons (Fsp3) is 0.800. The van der Waals surface area contributed by atoms with Gasteiger partial charge in [-0.15, -0.1) is 0 Å². The summed E-state index contributed by atoms with van der Waals surface area (Å²) in [6.45, 7) is 3.78. The number of urea groups is 1. The molecule has 1 saturated heterocycles. The van der Waals surface area contributed by atoms with Crippen molar-refractivity contribution in [3.8, 4) is 0 Å². The van der Waals surface area contributed by atoms with Crippen molar-refractivity contribution in [1.29, 1.82) is 0 Å². The Balaban J connectivity index is 2.07. The molecule has 1 fully saturated rings. The Labute approximate surface area is 95.3 Å². The van der Waals surface area contributed by atoms with Gasteiger partial charge in [0, 0.05) is 26.6 Å². The monoisotopic (exact) mass is 229 g/mol. The van der Waals surface area contributed by atoms with Gasteiger partial charge in [-0.3, -0.25) is 0 Å². The van der Waals surface area contributed by atoms with Crippen molar-refractivity contribution >= 4 is 12.1 Å². The minimum atomic E-state index is -0.291. The standard InChI is InChI=1S/C10H19N3O3/c1-3-5-11-9(14)12-6-4-8-7-13(2)10(15)16-8/h8H,3-7H2,1-2H3,(H2,11,12,14). The fourth-order valence-electron chi connectivity index (χ4n) is 1.45. The lowest BCUT2D eigenvalue weighted by molar-refractivity contribution is 0.131. The molecule has 3 amide bonds. The molecule has 2 N–H and O–H groups in total. The number of ether oxygens (including phenoxy) is 1. The maximum absolute atomic E-state index is 11.2. The molecule has 1 rings (SSSR count). The summed E-state index contributed by atoms with van der Waals surface area (Å²) in [5, 5.41) is 5.42. The van der Waals surface area contributed by atoms with Gasteiger partial charge in [0.05, 0.1) is 6.54 Å². The van der Waals surface area contributed by atoms with E-state index in [4.69, 9.17) is 4.74 Å². The van der Waals surface area contributed by atoms with Crippen LogP contribution in [0.2, 0.25) is 0 Å². The highest BCUT2D eigenvalue weighted by Crippen LogP contribution is 2.10. The van der Waals surface area contributed by atoms with Crippen LogP contribution in [0.1, 0.15) is 19.8 Å². The number of rotatable bonds is 5. The summed E-state index contributed by atoms with van der Waals surface area (Å²) in [4.78, 5) is 23.7. The Kier molecular flexibility index (Phi) is 4.88. The summed E-state index contributed by atoms with van der Waals surface area (Å²) < 4.78 is 5.05. The summed E-state index contributed by atoms with van der Waals surface area (Å²) in [6, 6.07) is -0.167. The van der Waals surface area contributed by atoms with Gasteiger partial charge in [0.1, 0.15) is 6.10 Å². The zero-order chi connectivity index (χ0) is 12.0. The zero-order valence-corrected chi connectivity index (χ0v) is 9.78. The first-order chi connectivity index (χ1) is 7.63. The maximum atomic E-state index is 11.2. The third-order valence-corrected chi connectivity index (χ3v) is 2.34. The number of amides is 3. The van der Waals surface area contributed by atoms with E-state index in [0.29, 0.717) is 26.1 Å². The predicted octanol–water partition coefficient (Wildman–Crippen LogP) is 0.536. The third-order valence-electron chi connectivity index (χ3n) is 2.34. The number of likely N-dealkylation sites (N-methyl/N-ethyl adjacent to an activating group) is 1. The topological polar surface area (TPSA) is 70.7 Å². The van der Waals surface area contributed by atoms with E-state index in [1.54, 1.807) is 7.05 Å². The lowest BCUT2D eigenvalue weighted by atomic mass is 10.2. The molecule has 0 bridgehead atoms. The number of carbonyl (C=O) groups excluding carboxylic acids is 2. The summed E-state index contributed by atoms with van der Waals surface area (Å²) in [5.74, 6) is 0. The summed E-state index contributed by atoms with van der Waals surface area (Å²) in [6.07, 6.45) is 1.16. The molecule has 16 heavy (non-hydrogen) atoms. The van der Waals surface area contributed by atoms with E-state index >= 15 is 0 Å². The average Bonchev–Trinajstić information content (AvgIpc) is 2.55. The van der Waals surface area contributed by atoms with Crippen LogP contribution in [0.15, 0.2) is 0 Å². The second kappa shape index (κ2) is 6.19. The number of nitrogens with one attached hydrogen (secondary N) is 2. The van der Waals surface area contributed by atoms with Gasteiger partial charge in [-0.25, -0.2) is 9.59 Å². The largest absolute Gasteiger partial charge is 0.444 e. The normalized spacial score (nSPS) is 19.5. The maximum Gasteiger partial charge on any atom is 0.409 e. The smallest absolute Gasteiger partial charge is 0.409 e. The van der Waals surface area contributed by atoms with Crippen LogP contribution in [0, 0.1) is 0 Å². The third kappa shape index (κ3) is 3.96. The van der Waals surface area contributed by atoms with Crippen molar-refractivity contribution in [2.75, 3.05) is 26.7 Å². The second-order valence-corrected chi connectivity index (χ2v) is 3.86. The summed E-state index contributed by atoms with van der Waals surface area (Å²) in [5.41, 5.74) is 0. The first-order valence-corrected chi connectivity index (χ1v) is 5.57. The molecular weight excluding hydrogens is 210 g/mol. The number of cyclic esters (lactones) is 1. The van der Waals surface area contributed by atoms with Gasteiger partial charge in [-0.05, 0) is 6.42 Å². The Bertz CT molecular complexity index is 258. The minimum Gasteiger partial charge on any atom is -0.444 e. The Morgan fingerprint density at radius 2 is 2.19 bits per heavy atom. The highest BCUT2D eigenvalue weighted by atomic mass is 16.6. The van der Waals surface area contributed by atoms with Crippen molar-refractivity contribution in [3.63, 3.8) is 0 Å². The van der Waals surface area contributed by atoms with Crippen molar-refractivity contribution in [1.82, 2.24) is 15.5 Å². The highest BCUT2D eigenvalue weighted by Gasteiger charge is 2.27. The molecule has 0 aliphatic carbocycles. The number of nitrogens with zero attached hydrogens (tertiary/aromatic N) is 1. The highest BCUT2D eigenvalue weighted by molar-refractivity contribution is 5.73. The van der Waals surface area contributed by atoms with E-state index in [-0.39, 0.29) is 18.2 Å². The number of carbonyl (C=O) groups is 2. The second-order valence-electron chi connectivity index (χ2n) is 3.86. The first kappa shape index (κ1) is 12.6. The van der Waals surface area contributed by atoms with Gasteiger partial charge in [-0.1, -0.05) is 6.92 Å². The van der Waals surface area contributed by atoms with Crippen LogP contribution in [-0.2, 0) is 4.74 Å². The lowest BCUT2D eigenvalue weighted by Crippen LogP contribution is -2.37. The van der Waals surface area contributed by atoms with Gasteiger partial charge < -0.3 is 20.3 Å². The van der Waals surface area contributed by atoms with Crippen LogP contribution in [0.25, 0.3) is 0 Å². The van der Waals surface area contributed by atoms with Crippen molar-refractivity contribution < 1.29 is 14.3 Å². The summed E-state index contributed by atoms with van der Waals surface area (Å²) >= 11 is 0. The molecule has 1 aliphatic heterocycles. The molecule has 1 heterocycles. The lowest BCUT2D eigenvalue weighted by Gasteiger charge is -2.09. The number of hydrogen-bond donors (Lipinski definition) is 2. The Hall–Kier alpha value is -1.46. The van der Waals surface area contributed by atoms with Gasteiger partial charge in [0.2, 0.25) is 0 Å². The quantitative estimate of drug-likeness (QED) is 0.722. The van der Waals surface area contributed by atoms with E-state index in [1.165, 1.54) is 4.90 Å². The van der Waals surface area contributed by atoms with Crippen LogP contribution in [0.5, 0.6) is 0 Å². The van der Waals surface area contributed by atoms with E-state index in [2.05, 4.69) is 10.6 Å². The van der Waals surface area contributed by atoms with Crippen LogP contribution < -0.4 is 10.6 Å². The Morgan fingerprint density at radius 3 is 2.75 bits per heavy atom. The predicted molar refractivity (Wildman–Crippen MR) is 59.2 cm³/mol. The minimum absolute atomic E-state index is 0.107. The molecule has 92 valence electrons. The van der Waals surface area contributed by atoms with E-state index in [0.717, 1.165) is 6.42 Å².